The normalized spacial score (nSPS) is 13.0. The van der Waals surface area contributed by atoms with Crippen molar-refractivity contribution in [1.82, 2.24) is 4.98 Å². The third-order valence-electron chi connectivity index (χ3n) is 6.92. The number of thiol groups is 1. The van der Waals surface area contributed by atoms with E-state index in [1.807, 2.05) is 66.7 Å². The highest BCUT2D eigenvalue weighted by molar-refractivity contribution is 7.80. The maximum absolute atomic E-state index is 11.9. The second-order valence-corrected chi connectivity index (χ2v) is 17.5. The zero-order chi connectivity index (χ0) is 32.8. The van der Waals surface area contributed by atoms with Crippen LogP contribution in [-0.4, -0.2) is 46.3 Å². The quantitative estimate of drug-likeness (QED) is 0.102. The van der Waals surface area contributed by atoms with Gasteiger partial charge < -0.3 is 9.84 Å². The van der Waals surface area contributed by atoms with Gasteiger partial charge in [0.2, 0.25) is 0 Å². The van der Waals surface area contributed by atoms with Gasteiger partial charge in [-0.15, -0.1) is 0 Å². The number of allylic oxidation sites excluding steroid dienone is 1. The molecular weight excluding hydrogens is 687 g/mol. The number of halogens is 4. The molecule has 3 aromatic carbocycles. The van der Waals surface area contributed by atoms with E-state index in [-0.39, 0.29) is 11.4 Å². The monoisotopic (exact) mass is 717 g/mol. The lowest BCUT2D eigenvalue weighted by atomic mass is 10.0. The third-order valence-corrected chi connectivity index (χ3v) is 7.83. The van der Waals surface area contributed by atoms with Gasteiger partial charge >= 0.3 is 23.3 Å². The van der Waals surface area contributed by atoms with E-state index < -0.39 is 17.4 Å². The summed E-state index contributed by atoms with van der Waals surface area (Å²) in [7, 11) is 16.2. The van der Waals surface area contributed by atoms with E-state index in [9.17, 15) is 9.59 Å². The van der Waals surface area contributed by atoms with E-state index in [2.05, 4.69) is 48.0 Å². The molecule has 1 N–H and O–H groups in total. The summed E-state index contributed by atoms with van der Waals surface area (Å²) >= 11 is 8.44. The second kappa shape index (κ2) is 18.6. The highest BCUT2D eigenvalue weighted by atomic mass is 35.8. The van der Waals surface area contributed by atoms with Crippen LogP contribution >= 0.6 is 54.4 Å². The number of aliphatic carboxylic acids is 1. The number of pyridine rings is 1. The second-order valence-electron chi connectivity index (χ2n) is 10.3. The van der Waals surface area contributed by atoms with Crippen LogP contribution in [0.5, 0.6) is 0 Å². The van der Waals surface area contributed by atoms with Gasteiger partial charge in [-0.25, -0.2) is 39.9 Å². The number of ether oxygens (including phenoxy) is 1. The van der Waals surface area contributed by atoms with Crippen molar-refractivity contribution in [1.29, 1.82) is 0 Å². The first-order valence-electron chi connectivity index (χ1n) is 14.0. The minimum atomic E-state index is -1.72. The molecule has 5 nitrogen and oxygen atoms in total. The Hall–Kier alpha value is -2.47. The van der Waals surface area contributed by atoms with Gasteiger partial charge in [0.05, 0.1) is 30.3 Å². The molecule has 0 aliphatic heterocycles. The molecule has 11 heteroatoms. The summed E-state index contributed by atoms with van der Waals surface area (Å²) in [5.41, 5.74) is 5.53. The number of nitrogens with zero attached hydrogens (tertiary/aromatic N) is 1. The lowest BCUT2D eigenvalue weighted by Gasteiger charge is -2.05. The predicted octanol–water partition coefficient (Wildman–Crippen LogP) is 9.96. The number of methoxy groups -OCH3 is 1. The molecule has 0 saturated heterocycles. The first kappa shape index (κ1) is 37.0. The Labute approximate surface area is 291 Å². The molecule has 0 radical (unpaired) electrons. The van der Waals surface area contributed by atoms with E-state index in [1.165, 1.54) is 7.11 Å². The number of benzene rings is 3. The molecule has 0 bridgehead atoms. The molecule has 4 aromatic rings. The van der Waals surface area contributed by atoms with Crippen molar-refractivity contribution in [2.75, 3.05) is 12.9 Å². The summed E-state index contributed by atoms with van der Waals surface area (Å²) < 4.78 is 4.87. The van der Waals surface area contributed by atoms with Crippen molar-refractivity contribution in [2.24, 2.45) is 5.41 Å². The number of hydrogen-bond acceptors (Lipinski definition) is 5. The van der Waals surface area contributed by atoms with Gasteiger partial charge in [-0.2, -0.15) is 12.6 Å². The number of carboxylic acids is 1. The van der Waals surface area contributed by atoms with Crippen LogP contribution in [0.25, 0.3) is 29.1 Å². The fraction of sp³-hybridized carbons (Fsp3) is 0.206. The van der Waals surface area contributed by atoms with Crippen LogP contribution in [0.4, 0.5) is 0 Å². The maximum Gasteiger partial charge on any atom is 0.643 e. The van der Waals surface area contributed by atoms with Gasteiger partial charge in [0.15, 0.2) is 0 Å². The minimum absolute atomic E-state index is 0.0783. The Morgan fingerprint density at radius 2 is 1.62 bits per heavy atom. The molecule has 0 atom stereocenters. The van der Waals surface area contributed by atoms with E-state index in [0.717, 1.165) is 51.9 Å². The molecule has 0 amide bonds. The number of carbonyl (C=O) groups excluding carboxylic acids is 1. The van der Waals surface area contributed by atoms with Gasteiger partial charge in [0.1, 0.15) is 0 Å². The SMILES string of the molecule is COC(=O)c1ccccc1C/C=C/c1cccc(/C=C/c2ccc3ccc(Cl)cc3n2)c1.O=C(O)CC1(CS)CC1.[Cl][Al]([Cl])[Cl]. The van der Waals surface area contributed by atoms with Crippen molar-refractivity contribution >= 4 is 107 Å². The fourth-order valence-electron chi connectivity index (χ4n) is 4.36. The number of hydrogen-bond donors (Lipinski definition) is 2. The van der Waals surface area contributed by atoms with Crippen LogP contribution in [0.3, 0.4) is 0 Å². The van der Waals surface area contributed by atoms with Crippen LogP contribution in [0.1, 0.15) is 52.0 Å². The fourth-order valence-corrected chi connectivity index (χ4v) is 4.96. The highest BCUT2D eigenvalue weighted by Crippen LogP contribution is 2.49. The summed E-state index contributed by atoms with van der Waals surface area (Å²) in [6.07, 6.45) is 11.2. The summed E-state index contributed by atoms with van der Waals surface area (Å²) in [5, 5.41) is 10.1. The zero-order valence-electron chi connectivity index (χ0n) is 24.5. The number of carbonyl (C=O) groups is 2. The zero-order valence-corrected chi connectivity index (χ0v) is 29.6. The largest absolute Gasteiger partial charge is 0.643 e. The molecule has 5 rings (SSSR count). The number of aromatic nitrogens is 1. The van der Waals surface area contributed by atoms with Crippen LogP contribution in [-0.2, 0) is 16.0 Å². The summed E-state index contributed by atoms with van der Waals surface area (Å²) in [4.78, 5) is 26.8. The van der Waals surface area contributed by atoms with Gasteiger partial charge in [-0.1, -0.05) is 78.4 Å². The van der Waals surface area contributed by atoms with Gasteiger partial charge in [-0.05, 0) is 83.5 Å². The van der Waals surface area contributed by atoms with Crippen LogP contribution in [0.15, 0.2) is 84.9 Å². The smallest absolute Gasteiger partial charge is 0.481 e. The first-order chi connectivity index (χ1) is 21.5. The average molecular weight is 719 g/mol. The van der Waals surface area contributed by atoms with Crippen LogP contribution in [0, 0.1) is 5.41 Å². The maximum atomic E-state index is 11.9. The molecule has 1 saturated carbocycles. The lowest BCUT2D eigenvalue weighted by molar-refractivity contribution is -0.138. The number of carboxylic acid groups (broad SMARTS) is 1. The molecule has 1 aromatic heterocycles. The van der Waals surface area contributed by atoms with Gasteiger partial charge in [-0.3, -0.25) is 4.79 Å². The Balaban J connectivity index is 0.000000354. The molecule has 1 fully saturated rings. The van der Waals surface area contributed by atoms with Crippen molar-refractivity contribution in [3.8, 4) is 0 Å². The molecule has 1 heterocycles. The number of esters is 1. The molecule has 1 aliphatic rings. The van der Waals surface area contributed by atoms with Crippen molar-refractivity contribution in [2.45, 2.75) is 25.7 Å². The summed E-state index contributed by atoms with van der Waals surface area (Å²) in [5.74, 6) is -0.286. The molecule has 0 spiro atoms. The first-order valence-corrected chi connectivity index (χ1v) is 20.2. The van der Waals surface area contributed by atoms with Crippen molar-refractivity contribution in [3.05, 3.63) is 118 Å². The molecule has 0 unspecified atom stereocenters. The Kier molecular flexibility index (Phi) is 15.3. The Morgan fingerprint density at radius 3 is 2.24 bits per heavy atom. The molecule has 234 valence electrons. The molecule has 1 aliphatic carbocycles. The van der Waals surface area contributed by atoms with Gasteiger partial charge in [0.25, 0.3) is 0 Å². The van der Waals surface area contributed by atoms with E-state index in [4.69, 9.17) is 51.6 Å². The minimum Gasteiger partial charge on any atom is -0.481 e. The standard InChI is InChI=1S/C28H22ClNO2.C6H10O2S.Al.3ClH/c1-32-28(31)26-11-3-2-9-22(26)10-5-8-20-6-4-7-21(18-20)12-16-25-17-14-23-13-15-24(29)19-27(23)30-25;7-5(8)3-6(4-9)1-2-6;;;;/h2-9,11-19H,10H2,1H3;9H,1-4H2,(H,7,8);;3*1H/q;;+3;;;/p-3/b8-5+,16-12+;;;;;. The Morgan fingerprint density at radius 1 is 0.956 bits per heavy atom. The lowest BCUT2D eigenvalue weighted by Crippen LogP contribution is -2.09. The van der Waals surface area contributed by atoms with Crippen LogP contribution < -0.4 is 0 Å². The topological polar surface area (TPSA) is 76.5 Å². The number of rotatable bonds is 9. The van der Waals surface area contributed by atoms with E-state index in [0.29, 0.717) is 23.4 Å². The molecule has 45 heavy (non-hydrogen) atoms. The highest BCUT2D eigenvalue weighted by Gasteiger charge is 2.42. The van der Waals surface area contributed by atoms with E-state index >= 15 is 0 Å². The number of fused-ring (bicyclic) bond motifs is 1. The Bertz CT molecular complexity index is 1660. The molecular formula is C34H32AlCl4NO4S. The summed E-state index contributed by atoms with van der Waals surface area (Å²) in [6, 6.07) is 25.5. The summed E-state index contributed by atoms with van der Waals surface area (Å²) in [6.45, 7) is 0. The van der Waals surface area contributed by atoms with Crippen molar-refractivity contribution in [3.63, 3.8) is 0 Å². The van der Waals surface area contributed by atoms with E-state index in [1.54, 1.807) is 6.07 Å². The van der Waals surface area contributed by atoms with Crippen molar-refractivity contribution < 1.29 is 19.4 Å². The van der Waals surface area contributed by atoms with Crippen LogP contribution in [0.2, 0.25) is 5.02 Å². The van der Waals surface area contributed by atoms with Gasteiger partial charge in [0, 0.05) is 10.4 Å². The third kappa shape index (κ3) is 13.0. The predicted molar refractivity (Wildman–Crippen MR) is 194 cm³/mol. The average Bonchev–Trinajstić information content (AvgIpc) is 3.79.